The van der Waals surface area contributed by atoms with Gasteiger partial charge in [0.25, 0.3) is 0 Å². The molecule has 0 radical (unpaired) electrons. The lowest BCUT2D eigenvalue weighted by atomic mass is 9.75. The second kappa shape index (κ2) is 3.86. The van der Waals surface area contributed by atoms with Gasteiger partial charge in [-0.3, -0.25) is 14.9 Å². The van der Waals surface area contributed by atoms with Crippen molar-refractivity contribution in [3.8, 4) is 0 Å². The van der Waals surface area contributed by atoms with Gasteiger partial charge in [0.2, 0.25) is 11.8 Å². The predicted molar refractivity (Wildman–Crippen MR) is 76.2 cm³/mol. The summed E-state index contributed by atoms with van der Waals surface area (Å²) in [5, 5.41) is 3.10. The molecule has 4 rings (SSSR count). The molecule has 1 aliphatic heterocycles. The Balaban J connectivity index is 1.98. The van der Waals surface area contributed by atoms with Crippen molar-refractivity contribution in [3.05, 3.63) is 53.6 Å². The highest BCUT2D eigenvalue weighted by Gasteiger charge is 2.56. The highest BCUT2D eigenvalue weighted by molar-refractivity contribution is 7.18. The summed E-state index contributed by atoms with van der Waals surface area (Å²) in [4.78, 5) is 28.9. The van der Waals surface area contributed by atoms with E-state index in [9.17, 15) is 9.59 Å². The average Bonchev–Trinajstić information content (AvgIpc) is 3.00. The van der Waals surface area contributed by atoms with E-state index in [1.807, 2.05) is 24.3 Å². The van der Waals surface area contributed by atoms with Gasteiger partial charge in [-0.25, -0.2) is 4.98 Å². The van der Waals surface area contributed by atoms with E-state index in [1.54, 1.807) is 24.3 Å². The van der Waals surface area contributed by atoms with Crippen molar-refractivity contribution >= 4 is 33.4 Å². The van der Waals surface area contributed by atoms with Crippen LogP contribution in [-0.2, 0) is 15.0 Å². The van der Waals surface area contributed by atoms with Crippen LogP contribution in [0.5, 0.6) is 0 Å². The molecule has 1 aromatic heterocycles. The van der Waals surface area contributed by atoms with Crippen molar-refractivity contribution < 1.29 is 9.59 Å². The first kappa shape index (κ1) is 11.5. The molecule has 2 atom stereocenters. The Bertz CT molecular complexity index is 772. The number of rotatable bonds is 1. The number of aromatic nitrogens is 1. The summed E-state index contributed by atoms with van der Waals surface area (Å²) in [5.74, 6) is -1.04. The minimum Gasteiger partial charge on any atom is -0.295 e. The summed E-state index contributed by atoms with van der Waals surface area (Å²) in [5.41, 5.74) is -0.120. The van der Waals surface area contributed by atoms with Crippen molar-refractivity contribution in [2.45, 2.75) is 5.41 Å². The zero-order chi connectivity index (χ0) is 13.7. The van der Waals surface area contributed by atoms with Crippen LogP contribution in [0.15, 0.2) is 48.6 Å². The molecule has 2 heterocycles. The Labute approximate surface area is 118 Å². The molecule has 5 heteroatoms. The van der Waals surface area contributed by atoms with Crippen molar-refractivity contribution in [2.75, 3.05) is 0 Å². The van der Waals surface area contributed by atoms with Gasteiger partial charge in [-0.2, -0.15) is 0 Å². The van der Waals surface area contributed by atoms with Gasteiger partial charge in [0.05, 0.1) is 16.1 Å². The molecule has 0 saturated carbocycles. The van der Waals surface area contributed by atoms with Crippen LogP contribution in [0, 0.1) is 5.92 Å². The molecule has 20 heavy (non-hydrogen) atoms. The van der Waals surface area contributed by atoms with E-state index in [0.717, 1.165) is 10.2 Å². The minimum atomic E-state index is -0.977. The van der Waals surface area contributed by atoms with Gasteiger partial charge >= 0.3 is 0 Å². The maximum Gasteiger partial charge on any atom is 0.244 e. The molecule has 2 amide bonds. The fourth-order valence-corrected chi connectivity index (χ4v) is 3.97. The fourth-order valence-electron chi connectivity index (χ4n) is 2.79. The maximum atomic E-state index is 12.4. The number of allylic oxidation sites excluding steroid dienone is 2. The number of imide groups is 1. The molecular formula is C15H10N2O2S. The van der Waals surface area contributed by atoms with Gasteiger partial charge in [0.1, 0.15) is 10.4 Å². The Morgan fingerprint density at radius 2 is 2.05 bits per heavy atom. The minimum absolute atomic E-state index is 0.255. The summed E-state index contributed by atoms with van der Waals surface area (Å²) in [7, 11) is 0. The van der Waals surface area contributed by atoms with Crippen molar-refractivity contribution in [2.24, 2.45) is 5.92 Å². The lowest BCUT2D eigenvalue weighted by Gasteiger charge is -2.25. The highest BCUT2D eigenvalue weighted by Crippen LogP contribution is 2.44. The van der Waals surface area contributed by atoms with E-state index >= 15 is 0 Å². The Hall–Kier alpha value is -2.27. The van der Waals surface area contributed by atoms with Crippen molar-refractivity contribution in [1.29, 1.82) is 0 Å². The number of fused-ring (bicyclic) bond motifs is 2. The molecule has 98 valence electrons. The Kier molecular flexibility index (Phi) is 2.23. The zero-order valence-electron chi connectivity index (χ0n) is 10.4. The lowest BCUT2D eigenvalue weighted by Crippen LogP contribution is -2.38. The first-order valence-corrected chi connectivity index (χ1v) is 7.11. The maximum absolute atomic E-state index is 12.4. The van der Waals surface area contributed by atoms with Gasteiger partial charge in [0.15, 0.2) is 0 Å². The fraction of sp³-hybridized carbons (Fsp3) is 0.133. The summed E-state index contributed by atoms with van der Waals surface area (Å²) in [6.45, 7) is 0. The van der Waals surface area contributed by atoms with Crippen LogP contribution in [0.1, 0.15) is 5.01 Å². The molecule has 4 nitrogen and oxygen atoms in total. The molecule has 2 aromatic rings. The van der Waals surface area contributed by atoms with E-state index < -0.39 is 11.3 Å². The summed E-state index contributed by atoms with van der Waals surface area (Å²) >= 11 is 1.47. The van der Waals surface area contributed by atoms with E-state index in [0.29, 0.717) is 5.01 Å². The second-order valence-electron chi connectivity index (χ2n) is 4.90. The van der Waals surface area contributed by atoms with Gasteiger partial charge in [-0.05, 0) is 12.1 Å². The number of benzene rings is 1. The van der Waals surface area contributed by atoms with Crippen molar-refractivity contribution in [1.82, 2.24) is 10.3 Å². The van der Waals surface area contributed by atoms with Crippen LogP contribution in [0.4, 0.5) is 0 Å². The SMILES string of the molecule is O=C1NC(=O)C2(c3nc4ccccc4s3)C=CC=CC12. The topological polar surface area (TPSA) is 59.1 Å². The van der Waals surface area contributed by atoms with Crippen LogP contribution in [-0.4, -0.2) is 16.8 Å². The molecular weight excluding hydrogens is 272 g/mol. The van der Waals surface area contributed by atoms with Gasteiger partial charge in [0, 0.05) is 0 Å². The molecule has 0 bridgehead atoms. The average molecular weight is 282 g/mol. The van der Waals surface area contributed by atoms with E-state index in [4.69, 9.17) is 0 Å². The smallest absolute Gasteiger partial charge is 0.244 e. The van der Waals surface area contributed by atoms with Crippen molar-refractivity contribution in [3.63, 3.8) is 0 Å². The largest absolute Gasteiger partial charge is 0.295 e. The summed E-state index contributed by atoms with van der Waals surface area (Å²) in [6.07, 6.45) is 7.16. The summed E-state index contributed by atoms with van der Waals surface area (Å²) < 4.78 is 1.02. The van der Waals surface area contributed by atoms with E-state index in [-0.39, 0.29) is 11.8 Å². The standard InChI is InChI=1S/C15H10N2O2S/c18-12-9-5-3-4-8-15(9,13(19)17-12)14-16-10-6-1-2-7-11(10)20-14/h1-9H,(H,17,18,19). The number of thiazole rings is 1. The number of carbonyl (C=O) groups is 2. The first-order chi connectivity index (χ1) is 9.72. The number of nitrogens with zero attached hydrogens (tertiary/aromatic N) is 1. The first-order valence-electron chi connectivity index (χ1n) is 6.29. The molecule has 1 aromatic carbocycles. The summed E-state index contributed by atoms with van der Waals surface area (Å²) in [6, 6.07) is 7.74. The number of amides is 2. The molecule has 0 spiro atoms. The molecule has 1 saturated heterocycles. The lowest BCUT2D eigenvalue weighted by molar-refractivity contribution is -0.126. The number of hydrogen-bond acceptors (Lipinski definition) is 4. The zero-order valence-corrected chi connectivity index (χ0v) is 11.2. The molecule has 2 aliphatic rings. The Morgan fingerprint density at radius 3 is 2.90 bits per heavy atom. The van der Waals surface area contributed by atoms with E-state index in [1.165, 1.54) is 11.3 Å². The second-order valence-corrected chi connectivity index (χ2v) is 5.93. The number of carbonyl (C=O) groups excluding carboxylic acids is 2. The number of para-hydroxylation sites is 1. The highest BCUT2D eigenvalue weighted by atomic mass is 32.1. The molecule has 1 N–H and O–H groups in total. The normalized spacial score (nSPS) is 27.9. The monoisotopic (exact) mass is 282 g/mol. The number of nitrogens with one attached hydrogen (secondary N) is 1. The van der Waals surface area contributed by atoms with Crippen LogP contribution >= 0.6 is 11.3 Å². The molecule has 1 fully saturated rings. The third kappa shape index (κ3) is 1.33. The quantitative estimate of drug-likeness (QED) is 0.813. The van der Waals surface area contributed by atoms with Crippen LogP contribution < -0.4 is 5.32 Å². The van der Waals surface area contributed by atoms with Crippen LogP contribution in [0.25, 0.3) is 10.2 Å². The Morgan fingerprint density at radius 1 is 1.20 bits per heavy atom. The van der Waals surface area contributed by atoms with Crippen LogP contribution in [0.2, 0.25) is 0 Å². The van der Waals surface area contributed by atoms with E-state index in [2.05, 4.69) is 10.3 Å². The third-order valence-electron chi connectivity index (χ3n) is 3.81. The molecule has 1 aliphatic carbocycles. The van der Waals surface area contributed by atoms with Crippen LogP contribution in [0.3, 0.4) is 0 Å². The molecule has 2 unspecified atom stereocenters. The van der Waals surface area contributed by atoms with Gasteiger partial charge < -0.3 is 0 Å². The van der Waals surface area contributed by atoms with Gasteiger partial charge in [-0.15, -0.1) is 11.3 Å². The number of hydrogen-bond donors (Lipinski definition) is 1. The van der Waals surface area contributed by atoms with Gasteiger partial charge in [-0.1, -0.05) is 36.4 Å². The predicted octanol–water partition coefficient (Wildman–Crippen LogP) is 1.93. The third-order valence-corrected chi connectivity index (χ3v) is 4.99.